The molecule has 0 fully saturated rings. The van der Waals surface area contributed by atoms with Gasteiger partial charge in [0.1, 0.15) is 16.5 Å². The first-order valence-electron chi connectivity index (χ1n) is 8.98. The van der Waals surface area contributed by atoms with Crippen molar-refractivity contribution in [1.29, 1.82) is 0 Å². The van der Waals surface area contributed by atoms with E-state index in [1.807, 2.05) is 25.9 Å². The van der Waals surface area contributed by atoms with Crippen LogP contribution in [0.3, 0.4) is 0 Å². The van der Waals surface area contributed by atoms with Crippen LogP contribution in [0.1, 0.15) is 37.1 Å². The summed E-state index contributed by atoms with van der Waals surface area (Å²) >= 11 is 1.96. The maximum atomic E-state index is 14.2. The third kappa shape index (κ3) is 4.98. The maximum absolute atomic E-state index is 14.2. The quantitative estimate of drug-likeness (QED) is 0.363. The van der Waals surface area contributed by atoms with E-state index >= 15 is 0 Å². The molecule has 1 heterocycles. The van der Waals surface area contributed by atoms with Crippen molar-refractivity contribution in [3.8, 4) is 0 Å². The largest absolute Gasteiger partial charge is 0.419 e. The summed E-state index contributed by atoms with van der Waals surface area (Å²) in [5.74, 6) is -3.44. The molecule has 172 valence electrons. The molecule has 0 bridgehead atoms. The fourth-order valence-electron chi connectivity index (χ4n) is 3.61. The van der Waals surface area contributed by atoms with Crippen molar-refractivity contribution in [2.24, 2.45) is 5.92 Å². The van der Waals surface area contributed by atoms with Crippen LogP contribution < -0.4 is 4.72 Å². The second-order valence-corrected chi connectivity index (χ2v) is 11.2. The molecule has 5 nitrogen and oxygen atoms in total. The third-order valence-electron chi connectivity index (χ3n) is 5.30. The van der Waals surface area contributed by atoms with Crippen molar-refractivity contribution in [2.75, 3.05) is 4.72 Å². The topological polar surface area (TPSA) is 71.3 Å². The zero-order valence-electron chi connectivity index (χ0n) is 16.2. The van der Waals surface area contributed by atoms with Crippen molar-refractivity contribution in [3.05, 3.63) is 46.8 Å². The number of benzene rings is 1. The Kier molecular flexibility index (Phi) is 6.64. The SMILES string of the molecule is CC(C)(O)C1CCc2c(S(=O)(=O)Nc3cc(F)c(C(F)(F)F)cc3F)cn(SI)c2C1. The van der Waals surface area contributed by atoms with Crippen LogP contribution in [0.4, 0.5) is 27.6 Å². The number of nitrogens with one attached hydrogen (secondary N) is 1. The van der Waals surface area contributed by atoms with E-state index in [1.54, 1.807) is 17.8 Å². The van der Waals surface area contributed by atoms with Gasteiger partial charge in [-0.1, -0.05) is 0 Å². The van der Waals surface area contributed by atoms with Crippen LogP contribution in [0, 0.1) is 17.6 Å². The highest BCUT2D eigenvalue weighted by molar-refractivity contribution is 14.2. The molecule has 1 aliphatic carbocycles. The van der Waals surface area contributed by atoms with Gasteiger partial charge in [0.25, 0.3) is 10.0 Å². The molecule has 2 aromatic rings. The fourth-order valence-corrected chi connectivity index (χ4v) is 6.49. The molecule has 3 rings (SSSR count). The van der Waals surface area contributed by atoms with Gasteiger partial charge in [0.05, 0.1) is 16.9 Å². The van der Waals surface area contributed by atoms with E-state index in [2.05, 4.69) is 0 Å². The molecule has 0 saturated carbocycles. The van der Waals surface area contributed by atoms with Crippen LogP contribution >= 0.6 is 30.3 Å². The molecule has 0 radical (unpaired) electrons. The van der Waals surface area contributed by atoms with E-state index in [0.29, 0.717) is 30.5 Å². The summed E-state index contributed by atoms with van der Waals surface area (Å²) in [6, 6.07) is 0.0962. The Morgan fingerprint density at radius 3 is 2.42 bits per heavy atom. The van der Waals surface area contributed by atoms with Gasteiger partial charge in [-0.15, -0.1) is 0 Å². The Hall–Kier alpha value is -1.06. The molecule has 1 aliphatic rings. The Morgan fingerprint density at radius 1 is 1.23 bits per heavy atom. The van der Waals surface area contributed by atoms with E-state index in [0.717, 1.165) is 0 Å². The van der Waals surface area contributed by atoms with Crippen molar-refractivity contribution in [3.63, 3.8) is 0 Å². The fraction of sp³-hybridized carbons (Fsp3) is 0.444. The van der Waals surface area contributed by atoms with Crippen LogP contribution in [0.25, 0.3) is 0 Å². The lowest BCUT2D eigenvalue weighted by molar-refractivity contribution is -0.140. The minimum absolute atomic E-state index is 0.0809. The molecule has 0 amide bonds. The molecule has 1 atom stereocenters. The molecule has 13 heteroatoms. The lowest BCUT2D eigenvalue weighted by Gasteiger charge is -2.33. The van der Waals surface area contributed by atoms with Gasteiger partial charge in [-0.3, -0.25) is 8.69 Å². The van der Waals surface area contributed by atoms with Crippen LogP contribution in [0.15, 0.2) is 23.2 Å². The van der Waals surface area contributed by atoms with Crippen molar-refractivity contribution in [1.82, 2.24) is 3.97 Å². The van der Waals surface area contributed by atoms with Crippen LogP contribution in [0.5, 0.6) is 0 Å². The van der Waals surface area contributed by atoms with E-state index in [4.69, 9.17) is 0 Å². The molecule has 1 unspecified atom stereocenters. The predicted molar refractivity (Wildman–Crippen MR) is 115 cm³/mol. The normalized spacial score (nSPS) is 17.5. The number of halogens is 6. The highest BCUT2D eigenvalue weighted by Gasteiger charge is 2.37. The number of aliphatic hydroxyl groups is 1. The number of fused-ring (bicyclic) bond motifs is 1. The van der Waals surface area contributed by atoms with Gasteiger partial charge in [0.2, 0.25) is 0 Å². The number of anilines is 1. The maximum Gasteiger partial charge on any atom is 0.419 e. The minimum Gasteiger partial charge on any atom is -0.390 e. The molecule has 2 N–H and O–H groups in total. The average Bonchev–Trinajstić information content (AvgIpc) is 3.01. The first kappa shape index (κ1) is 24.6. The molecule has 0 aliphatic heterocycles. The lowest BCUT2D eigenvalue weighted by atomic mass is 9.78. The smallest absolute Gasteiger partial charge is 0.390 e. The highest BCUT2D eigenvalue weighted by atomic mass is 127. The van der Waals surface area contributed by atoms with Gasteiger partial charge in [-0.05, 0) is 50.7 Å². The number of hydrogen-bond acceptors (Lipinski definition) is 4. The third-order valence-corrected chi connectivity index (χ3v) is 8.47. The van der Waals surface area contributed by atoms with E-state index < -0.39 is 44.7 Å². The molecule has 1 aromatic carbocycles. The summed E-state index contributed by atoms with van der Waals surface area (Å²) in [5, 5.41) is 10.3. The van der Waals surface area contributed by atoms with Gasteiger partial charge in [0, 0.05) is 48.3 Å². The first-order chi connectivity index (χ1) is 14.1. The molecule has 31 heavy (non-hydrogen) atoms. The molecular formula is C18H18F5IN2O3S2. The first-order valence-corrected chi connectivity index (χ1v) is 13.8. The van der Waals surface area contributed by atoms with Crippen molar-refractivity contribution < 1.29 is 35.5 Å². The second-order valence-electron chi connectivity index (χ2n) is 7.82. The zero-order valence-corrected chi connectivity index (χ0v) is 20.0. The van der Waals surface area contributed by atoms with Gasteiger partial charge in [-0.2, -0.15) is 13.2 Å². The number of hydrogen-bond donors (Lipinski definition) is 2. The number of aromatic nitrogens is 1. The summed E-state index contributed by atoms with van der Waals surface area (Å²) in [7, 11) is -3.22. The van der Waals surface area contributed by atoms with Crippen molar-refractivity contribution >= 4 is 46.0 Å². The zero-order chi connectivity index (χ0) is 23.4. The standard InChI is InChI=1S/C18H18F5IN2O3S2/c1-17(2,27)9-3-4-10-15(5-9)26(30-24)8-16(10)31(28,29)25-14-7-12(19)11(6-13(14)20)18(21,22)23/h6-9,25,27H,3-5H2,1-2H3. The number of rotatable bonds is 5. The summed E-state index contributed by atoms with van der Waals surface area (Å²) in [4.78, 5) is -0.166. The second kappa shape index (κ2) is 8.37. The van der Waals surface area contributed by atoms with Gasteiger partial charge in [-0.25, -0.2) is 17.2 Å². The van der Waals surface area contributed by atoms with Gasteiger partial charge < -0.3 is 5.11 Å². The van der Waals surface area contributed by atoms with E-state index in [9.17, 15) is 35.5 Å². The Morgan fingerprint density at radius 2 is 1.87 bits per heavy atom. The monoisotopic (exact) mass is 596 g/mol. The predicted octanol–water partition coefficient (Wildman–Crippen LogP) is 5.31. The van der Waals surface area contributed by atoms with Gasteiger partial charge >= 0.3 is 6.18 Å². The van der Waals surface area contributed by atoms with E-state index in [-0.39, 0.29) is 22.9 Å². The summed E-state index contributed by atoms with van der Waals surface area (Å²) in [5.41, 5.74) is -2.56. The van der Waals surface area contributed by atoms with Gasteiger partial charge in [0.15, 0.2) is 0 Å². The molecule has 0 saturated heterocycles. The summed E-state index contributed by atoms with van der Waals surface area (Å²) < 4.78 is 95.6. The molecule has 1 aromatic heterocycles. The summed E-state index contributed by atoms with van der Waals surface area (Å²) in [6.45, 7) is 3.35. The molecule has 0 spiro atoms. The highest BCUT2D eigenvalue weighted by Crippen LogP contribution is 2.40. The van der Waals surface area contributed by atoms with Crippen molar-refractivity contribution in [2.45, 2.75) is 49.8 Å². The van der Waals surface area contributed by atoms with Crippen LogP contribution in [-0.4, -0.2) is 23.1 Å². The van der Waals surface area contributed by atoms with Crippen LogP contribution in [0.2, 0.25) is 0 Å². The Labute approximate surface area is 192 Å². The summed E-state index contributed by atoms with van der Waals surface area (Å²) in [6.07, 6.45) is -2.54. The van der Waals surface area contributed by atoms with E-state index in [1.165, 1.54) is 15.3 Å². The number of alkyl halides is 3. The molecular weight excluding hydrogens is 578 g/mol. The number of sulfonamides is 1. The van der Waals surface area contributed by atoms with Crippen LogP contribution in [-0.2, 0) is 29.0 Å². The lowest BCUT2D eigenvalue weighted by Crippen LogP contribution is -2.35. The number of nitrogens with zero attached hydrogens (tertiary/aromatic N) is 1. The average molecular weight is 596 g/mol. The Balaban J connectivity index is 2.00. The Bertz CT molecular complexity index is 1110. The minimum atomic E-state index is -5.12.